The highest BCUT2D eigenvalue weighted by molar-refractivity contribution is 7.09. The number of rotatable bonds is 7. The van der Waals surface area contributed by atoms with Gasteiger partial charge in [-0.25, -0.2) is 4.98 Å². The van der Waals surface area contributed by atoms with Crippen LogP contribution in [0.1, 0.15) is 17.0 Å². The molecule has 0 atom stereocenters. The van der Waals surface area contributed by atoms with Crippen molar-refractivity contribution in [2.24, 2.45) is 0 Å². The first-order chi connectivity index (χ1) is 12.2. The average Bonchev–Trinajstić information content (AvgIpc) is 3.15. The molecule has 0 saturated carbocycles. The number of methoxy groups -OCH3 is 1. The minimum Gasteiger partial charge on any atom is -0.497 e. The van der Waals surface area contributed by atoms with Crippen LogP contribution in [0.25, 0.3) is 11.3 Å². The van der Waals surface area contributed by atoms with Crippen molar-refractivity contribution >= 4 is 17.2 Å². The maximum absolute atomic E-state index is 12.0. The normalized spacial score (nSPS) is 10.4. The molecule has 1 N–H and O–H groups in total. The molecule has 0 bridgehead atoms. The number of benzene rings is 1. The van der Waals surface area contributed by atoms with Crippen molar-refractivity contribution in [1.82, 2.24) is 15.3 Å². The topological polar surface area (TPSA) is 64.1 Å². The van der Waals surface area contributed by atoms with E-state index in [1.54, 1.807) is 30.8 Å². The number of hydrogen-bond donors (Lipinski definition) is 1. The fourth-order valence-corrected chi connectivity index (χ4v) is 3.10. The lowest BCUT2D eigenvalue weighted by molar-refractivity contribution is -0.121. The SMILES string of the molecule is COc1ccc(CCC(=O)NCc2nc(-c3ccncc3)cs2)cc1. The highest BCUT2D eigenvalue weighted by Gasteiger charge is 2.07. The summed E-state index contributed by atoms with van der Waals surface area (Å²) in [6.45, 7) is 0.456. The van der Waals surface area contributed by atoms with Gasteiger partial charge in [0.2, 0.25) is 5.91 Å². The average molecular weight is 353 g/mol. The van der Waals surface area contributed by atoms with Gasteiger partial charge in [-0.15, -0.1) is 11.3 Å². The first-order valence-electron chi connectivity index (χ1n) is 7.99. The molecule has 0 spiro atoms. The van der Waals surface area contributed by atoms with Crippen LogP contribution in [0, 0.1) is 0 Å². The maximum atomic E-state index is 12.0. The number of aromatic nitrogens is 2. The van der Waals surface area contributed by atoms with Crippen molar-refractivity contribution in [2.75, 3.05) is 7.11 Å². The number of amides is 1. The number of carbonyl (C=O) groups excluding carboxylic acids is 1. The summed E-state index contributed by atoms with van der Waals surface area (Å²) < 4.78 is 5.13. The Morgan fingerprint density at radius 2 is 1.92 bits per heavy atom. The quantitative estimate of drug-likeness (QED) is 0.706. The standard InChI is InChI=1S/C19H19N3O2S/c1-24-16-5-2-14(3-6-16)4-7-18(23)21-12-19-22-17(13-25-19)15-8-10-20-11-9-15/h2-3,5-6,8-11,13H,4,7,12H2,1H3,(H,21,23). The zero-order chi connectivity index (χ0) is 17.5. The van der Waals surface area contributed by atoms with E-state index in [-0.39, 0.29) is 5.91 Å². The lowest BCUT2D eigenvalue weighted by atomic mass is 10.1. The minimum atomic E-state index is 0.0245. The Hall–Kier alpha value is -2.73. The van der Waals surface area contributed by atoms with E-state index < -0.39 is 0 Å². The van der Waals surface area contributed by atoms with E-state index in [9.17, 15) is 4.79 Å². The van der Waals surface area contributed by atoms with E-state index in [1.807, 2.05) is 41.8 Å². The largest absolute Gasteiger partial charge is 0.497 e. The minimum absolute atomic E-state index is 0.0245. The third kappa shape index (κ3) is 4.87. The van der Waals surface area contributed by atoms with Gasteiger partial charge in [-0.2, -0.15) is 0 Å². The predicted molar refractivity (Wildman–Crippen MR) is 98.5 cm³/mol. The molecule has 0 saturated heterocycles. The zero-order valence-corrected chi connectivity index (χ0v) is 14.8. The molecule has 25 heavy (non-hydrogen) atoms. The van der Waals surface area contributed by atoms with Crippen LogP contribution < -0.4 is 10.1 Å². The van der Waals surface area contributed by atoms with E-state index >= 15 is 0 Å². The van der Waals surface area contributed by atoms with Crippen LogP contribution >= 0.6 is 11.3 Å². The molecular formula is C19H19N3O2S. The fraction of sp³-hybridized carbons (Fsp3) is 0.211. The Labute approximate surface area is 150 Å². The Bertz CT molecular complexity index is 816. The molecule has 6 heteroatoms. The highest BCUT2D eigenvalue weighted by Crippen LogP contribution is 2.21. The van der Waals surface area contributed by atoms with Crippen molar-refractivity contribution in [1.29, 1.82) is 0 Å². The number of nitrogens with zero attached hydrogens (tertiary/aromatic N) is 2. The molecule has 1 aromatic carbocycles. The molecule has 0 unspecified atom stereocenters. The fourth-order valence-electron chi connectivity index (χ4n) is 2.36. The Morgan fingerprint density at radius 3 is 2.64 bits per heavy atom. The number of nitrogens with one attached hydrogen (secondary N) is 1. The smallest absolute Gasteiger partial charge is 0.220 e. The summed E-state index contributed by atoms with van der Waals surface area (Å²) in [7, 11) is 1.64. The number of aryl methyl sites for hydroxylation is 1. The van der Waals surface area contributed by atoms with E-state index in [0.717, 1.165) is 27.6 Å². The number of carbonyl (C=O) groups is 1. The molecule has 3 rings (SSSR count). The summed E-state index contributed by atoms with van der Waals surface area (Å²) in [6.07, 6.45) is 4.65. The first kappa shape index (κ1) is 17.1. The number of hydrogen-bond acceptors (Lipinski definition) is 5. The van der Waals surface area contributed by atoms with Gasteiger partial charge in [0.25, 0.3) is 0 Å². The second-order valence-electron chi connectivity index (χ2n) is 5.49. The summed E-state index contributed by atoms with van der Waals surface area (Å²) in [5, 5.41) is 5.82. The third-order valence-corrected chi connectivity index (χ3v) is 4.61. The van der Waals surface area contributed by atoms with E-state index in [4.69, 9.17) is 4.74 Å². The highest BCUT2D eigenvalue weighted by atomic mass is 32.1. The Kier molecular flexibility index (Phi) is 5.74. The second-order valence-corrected chi connectivity index (χ2v) is 6.43. The monoisotopic (exact) mass is 353 g/mol. The molecule has 0 aliphatic heterocycles. The molecule has 1 amide bonds. The number of thiazole rings is 1. The van der Waals surface area contributed by atoms with Crippen molar-refractivity contribution in [3.05, 3.63) is 64.7 Å². The van der Waals surface area contributed by atoms with Gasteiger partial charge in [0.05, 0.1) is 19.3 Å². The van der Waals surface area contributed by atoms with Crippen LogP contribution in [0.2, 0.25) is 0 Å². The van der Waals surface area contributed by atoms with E-state index in [2.05, 4.69) is 15.3 Å². The van der Waals surface area contributed by atoms with Gasteiger partial charge in [-0.05, 0) is 36.2 Å². The third-order valence-electron chi connectivity index (χ3n) is 3.76. The number of pyridine rings is 1. The van der Waals surface area contributed by atoms with Gasteiger partial charge in [0.15, 0.2) is 0 Å². The van der Waals surface area contributed by atoms with Gasteiger partial charge in [-0.1, -0.05) is 12.1 Å². The van der Waals surface area contributed by atoms with Gasteiger partial charge < -0.3 is 10.1 Å². The predicted octanol–water partition coefficient (Wildman–Crippen LogP) is 3.46. The zero-order valence-electron chi connectivity index (χ0n) is 13.9. The summed E-state index contributed by atoms with van der Waals surface area (Å²) in [5.41, 5.74) is 3.06. The van der Waals surface area contributed by atoms with Crippen molar-refractivity contribution in [2.45, 2.75) is 19.4 Å². The van der Waals surface area contributed by atoms with E-state index in [1.165, 1.54) is 0 Å². The molecule has 3 aromatic rings. The van der Waals surface area contributed by atoms with Crippen molar-refractivity contribution in [3.8, 4) is 17.0 Å². The lowest BCUT2D eigenvalue weighted by Gasteiger charge is -2.05. The summed E-state index contributed by atoms with van der Waals surface area (Å²) >= 11 is 1.54. The Morgan fingerprint density at radius 1 is 1.16 bits per heavy atom. The Balaban J connectivity index is 1.46. The van der Waals surface area contributed by atoms with Crippen molar-refractivity contribution < 1.29 is 9.53 Å². The molecule has 0 aliphatic rings. The van der Waals surface area contributed by atoms with Gasteiger partial charge >= 0.3 is 0 Å². The molecule has 2 aromatic heterocycles. The van der Waals surface area contributed by atoms with Crippen LogP contribution in [0.3, 0.4) is 0 Å². The van der Waals surface area contributed by atoms with Gasteiger partial charge in [0, 0.05) is 29.8 Å². The molecule has 0 aliphatic carbocycles. The van der Waals surface area contributed by atoms with Crippen LogP contribution in [0.4, 0.5) is 0 Å². The maximum Gasteiger partial charge on any atom is 0.220 e. The first-order valence-corrected chi connectivity index (χ1v) is 8.87. The molecule has 128 valence electrons. The molecule has 0 radical (unpaired) electrons. The van der Waals surface area contributed by atoms with Crippen LogP contribution in [0.5, 0.6) is 5.75 Å². The molecule has 2 heterocycles. The number of ether oxygens (including phenoxy) is 1. The van der Waals surface area contributed by atoms with Gasteiger partial charge in [0.1, 0.15) is 10.8 Å². The van der Waals surface area contributed by atoms with Crippen LogP contribution in [0.15, 0.2) is 54.2 Å². The summed E-state index contributed by atoms with van der Waals surface area (Å²) in [5.74, 6) is 0.846. The molecule has 5 nitrogen and oxygen atoms in total. The molecular weight excluding hydrogens is 334 g/mol. The summed E-state index contributed by atoms with van der Waals surface area (Å²) in [4.78, 5) is 20.6. The lowest BCUT2D eigenvalue weighted by Crippen LogP contribution is -2.22. The van der Waals surface area contributed by atoms with Crippen molar-refractivity contribution in [3.63, 3.8) is 0 Å². The van der Waals surface area contributed by atoms with Crippen LogP contribution in [-0.4, -0.2) is 23.0 Å². The van der Waals surface area contributed by atoms with Gasteiger partial charge in [-0.3, -0.25) is 9.78 Å². The molecule has 0 fully saturated rings. The van der Waals surface area contributed by atoms with E-state index in [0.29, 0.717) is 19.4 Å². The summed E-state index contributed by atoms with van der Waals surface area (Å²) in [6, 6.07) is 11.6. The second kappa shape index (κ2) is 8.39. The van der Waals surface area contributed by atoms with Crippen LogP contribution in [-0.2, 0) is 17.8 Å².